The molecule has 9 heteroatoms. The van der Waals surface area contributed by atoms with Crippen LogP contribution in [0.25, 0.3) is 0 Å². The number of pyridine rings is 1. The van der Waals surface area contributed by atoms with E-state index in [1.165, 1.54) is 31.3 Å². The number of anilines is 2. The Hall–Kier alpha value is -3.75. The van der Waals surface area contributed by atoms with E-state index in [0.29, 0.717) is 23.5 Å². The van der Waals surface area contributed by atoms with Gasteiger partial charge in [0.2, 0.25) is 11.8 Å². The van der Waals surface area contributed by atoms with Crippen LogP contribution in [0.5, 0.6) is 5.75 Å². The van der Waals surface area contributed by atoms with E-state index < -0.39 is 5.91 Å². The van der Waals surface area contributed by atoms with Gasteiger partial charge in [-0.25, -0.2) is 10.4 Å². The van der Waals surface area contributed by atoms with Gasteiger partial charge in [0.05, 0.1) is 17.0 Å². The second-order valence-electron chi connectivity index (χ2n) is 6.44. The zero-order chi connectivity index (χ0) is 20.3. The highest BCUT2D eigenvalue weighted by molar-refractivity contribution is 6.08. The average molecular weight is 381 g/mol. The fraction of sp³-hybridized carbons (Fsp3) is 0.211. The van der Waals surface area contributed by atoms with Crippen LogP contribution < -0.4 is 16.1 Å². The van der Waals surface area contributed by atoms with Gasteiger partial charge in [-0.3, -0.25) is 14.4 Å². The van der Waals surface area contributed by atoms with Crippen molar-refractivity contribution in [1.29, 1.82) is 0 Å². The fourth-order valence-electron chi connectivity index (χ4n) is 2.77. The van der Waals surface area contributed by atoms with E-state index in [2.05, 4.69) is 26.1 Å². The third kappa shape index (κ3) is 4.32. The third-order valence-electron chi connectivity index (χ3n) is 4.13. The van der Waals surface area contributed by atoms with Crippen molar-refractivity contribution in [1.82, 2.24) is 10.4 Å². The summed E-state index contributed by atoms with van der Waals surface area (Å²) in [6.07, 6.45) is 1.64. The molecule has 28 heavy (non-hydrogen) atoms. The lowest BCUT2D eigenvalue weighted by Gasteiger charge is -2.20. The van der Waals surface area contributed by atoms with Crippen LogP contribution in [0, 0.1) is 5.92 Å². The van der Waals surface area contributed by atoms with Crippen LogP contribution in [-0.2, 0) is 9.59 Å². The topological polar surface area (TPSA) is 133 Å². The zero-order valence-corrected chi connectivity index (χ0v) is 15.3. The number of hydrazone groups is 1. The number of rotatable bonds is 4. The molecule has 1 aliphatic heterocycles. The van der Waals surface area contributed by atoms with Crippen molar-refractivity contribution < 1.29 is 19.5 Å². The summed E-state index contributed by atoms with van der Waals surface area (Å²) in [4.78, 5) is 38.9. The number of aromatic nitrogens is 1. The number of hydrogen-bond acceptors (Lipinski definition) is 6. The highest BCUT2D eigenvalue weighted by Crippen LogP contribution is 2.27. The Kier molecular flexibility index (Phi) is 5.35. The van der Waals surface area contributed by atoms with Crippen molar-refractivity contribution >= 4 is 34.9 Å². The van der Waals surface area contributed by atoms with Crippen LogP contribution in [0.1, 0.15) is 36.2 Å². The lowest BCUT2D eigenvalue weighted by atomic mass is 9.94. The van der Waals surface area contributed by atoms with Gasteiger partial charge in [-0.05, 0) is 30.3 Å². The Morgan fingerprint density at radius 3 is 2.64 bits per heavy atom. The molecule has 0 bridgehead atoms. The van der Waals surface area contributed by atoms with Crippen LogP contribution in [-0.4, -0.2) is 33.5 Å². The van der Waals surface area contributed by atoms with Gasteiger partial charge in [-0.1, -0.05) is 6.92 Å². The number of aromatic hydroxyl groups is 1. The number of benzene rings is 1. The van der Waals surface area contributed by atoms with Crippen LogP contribution >= 0.6 is 0 Å². The van der Waals surface area contributed by atoms with Gasteiger partial charge in [0.1, 0.15) is 11.6 Å². The first kappa shape index (κ1) is 19.0. The molecule has 1 aromatic heterocycles. The molecule has 3 rings (SSSR count). The minimum Gasteiger partial charge on any atom is -0.506 e. The molecule has 1 unspecified atom stereocenters. The standard InChI is InChI=1S/C19H19N5O4/c1-10-7-17(27)23-24-18(10)12-3-5-15(26)14(8-12)22-19(28)13-4-6-16(20-9-13)21-11(2)25/h3-6,8-10,26H,7H2,1-2H3,(H,22,28)(H,23,27)(H,20,21,25). The molecule has 144 valence electrons. The summed E-state index contributed by atoms with van der Waals surface area (Å²) in [7, 11) is 0. The Balaban J connectivity index is 1.79. The van der Waals surface area contributed by atoms with Crippen LogP contribution in [0.15, 0.2) is 41.6 Å². The van der Waals surface area contributed by atoms with Crippen LogP contribution in [0.3, 0.4) is 0 Å². The van der Waals surface area contributed by atoms with Crippen molar-refractivity contribution in [2.24, 2.45) is 11.0 Å². The summed E-state index contributed by atoms with van der Waals surface area (Å²) >= 11 is 0. The molecular weight excluding hydrogens is 362 g/mol. The average Bonchev–Trinajstić information content (AvgIpc) is 2.64. The predicted molar refractivity (Wildman–Crippen MR) is 103 cm³/mol. The number of hydrogen-bond donors (Lipinski definition) is 4. The summed E-state index contributed by atoms with van der Waals surface area (Å²) in [5, 5.41) is 19.3. The number of phenolic OH excluding ortho intramolecular Hbond substituents is 1. The molecule has 2 aromatic rings. The van der Waals surface area contributed by atoms with E-state index in [4.69, 9.17) is 0 Å². The van der Waals surface area contributed by atoms with Gasteiger partial charge in [0.25, 0.3) is 5.91 Å². The molecule has 0 saturated heterocycles. The fourth-order valence-corrected chi connectivity index (χ4v) is 2.77. The van der Waals surface area contributed by atoms with Gasteiger partial charge in [0.15, 0.2) is 0 Å². The van der Waals surface area contributed by atoms with E-state index in [1.807, 2.05) is 6.92 Å². The Morgan fingerprint density at radius 1 is 1.21 bits per heavy atom. The second-order valence-corrected chi connectivity index (χ2v) is 6.44. The highest BCUT2D eigenvalue weighted by Gasteiger charge is 2.22. The Labute approximate surface area is 160 Å². The van der Waals surface area contributed by atoms with Crippen molar-refractivity contribution in [3.05, 3.63) is 47.7 Å². The van der Waals surface area contributed by atoms with Gasteiger partial charge in [-0.15, -0.1) is 0 Å². The molecule has 1 aromatic carbocycles. The number of carbonyl (C=O) groups is 3. The highest BCUT2D eigenvalue weighted by atomic mass is 16.3. The predicted octanol–water partition coefficient (Wildman–Crippen LogP) is 1.86. The number of amides is 3. The molecule has 3 amide bonds. The maximum atomic E-state index is 12.5. The van der Waals surface area contributed by atoms with Crippen molar-refractivity contribution in [3.8, 4) is 5.75 Å². The number of nitrogens with one attached hydrogen (secondary N) is 3. The largest absolute Gasteiger partial charge is 0.506 e. The van der Waals surface area contributed by atoms with Gasteiger partial charge < -0.3 is 15.7 Å². The molecule has 4 N–H and O–H groups in total. The summed E-state index contributed by atoms with van der Waals surface area (Å²) in [6.45, 7) is 3.24. The maximum absolute atomic E-state index is 12.5. The number of nitrogens with zero attached hydrogens (tertiary/aromatic N) is 2. The summed E-state index contributed by atoms with van der Waals surface area (Å²) in [6, 6.07) is 7.74. The molecular formula is C19H19N5O4. The van der Waals surface area contributed by atoms with E-state index in [1.54, 1.807) is 12.1 Å². The quantitative estimate of drug-likeness (QED) is 0.600. The third-order valence-corrected chi connectivity index (χ3v) is 4.13. The smallest absolute Gasteiger partial charge is 0.257 e. The first-order valence-electron chi connectivity index (χ1n) is 8.58. The second kappa shape index (κ2) is 7.87. The van der Waals surface area contributed by atoms with Gasteiger partial charge in [0, 0.05) is 31.0 Å². The van der Waals surface area contributed by atoms with Crippen LogP contribution in [0.4, 0.5) is 11.5 Å². The summed E-state index contributed by atoms with van der Waals surface area (Å²) in [5.74, 6) is -0.747. The molecule has 0 saturated carbocycles. The Morgan fingerprint density at radius 2 is 2.00 bits per heavy atom. The monoisotopic (exact) mass is 381 g/mol. The molecule has 9 nitrogen and oxygen atoms in total. The molecule has 1 atom stereocenters. The molecule has 0 spiro atoms. The normalized spacial score (nSPS) is 16.0. The molecule has 2 heterocycles. The first-order valence-corrected chi connectivity index (χ1v) is 8.58. The van der Waals surface area contributed by atoms with Crippen molar-refractivity contribution in [3.63, 3.8) is 0 Å². The molecule has 0 radical (unpaired) electrons. The minimum atomic E-state index is -0.471. The SMILES string of the molecule is CC(=O)Nc1ccc(C(=O)Nc2cc(C3=NNC(=O)CC3C)ccc2O)cn1. The Bertz CT molecular complexity index is 969. The zero-order valence-electron chi connectivity index (χ0n) is 15.3. The van der Waals surface area contributed by atoms with Crippen molar-refractivity contribution in [2.45, 2.75) is 20.3 Å². The van der Waals surface area contributed by atoms with Crippen molar-refractivity contribution in [2.75, 3.05) is 10.6 Å². The lowest BCUT2D eigenvalue weighted by molar-refractivity contribution is -0.122. The number of carbonyl (C=O) groups excluding carboxylic acids is 3. The molecule has 1 aliphatic rings. The molecule has 0 fully saturated rings. The van der Waals surface area contributed by atoms with E-state index in [-0.39, 0.29) is 34.7 Å². The van der Waals surface area contributed by atoms with E-state index in [0.717, 1.165) is 0 Å². The van der Waals surface area contributed by atoms with E-state index >= 15 is 0 Å². The minimum absolute atomic E-state index is 0.0904. The summed E-state index contributed by atoms with van der Waals surface area (Å²) in [5.41, 5.74) is 4.25. The summed E-state index contributed by atoms with van der Waals surface area (Å²) < 4.78 is 0. The van der Waals surface area contributed by atoms with Gasteiger partial charge >= 0.3 is 0 Å². The number of phenols is 1. The molecule has 0 aliphatic carbocycles. The first-order chi connectivity index (χ1) is 13.3. The van der Waals surface area contributed by atoms with Crippen LogP contribution in [0.2, 0.25) is 0 Å². The lowest BCUT2D eigenvalue weighted by Crippen LogP contribution is -2.32. The van der Waals surface area contributed by atoms with Gasteiger partial charge in [-0.2, -0.15) is 5.10 Å². The maximum Gasteiger partial charge on any atom is 0.257 e. The van der Waals surface area contributed by atoms with E-state index in [9.17, 15) is 19.5 Å².